The van der Waals surface area contributed by atoms with E-state index in [9.17, 15) is 0 Å². The topological polar surface area (TPSA) is 49.8 Å². The molecular weight excluding hydrogens is 352 g/mol. The lowest BCUT2D eigenvalue weighted by molar-refractivity contribution is 0.296. The second-order valence-electron chi connectivity index (χ2n) is 7.52. The SMILES string of the molecule is CC(C)C1CC(c2cc(Nc3ncc(-c4ccccc4)s3)ccn2)CCN1. The van der Waals surface area contributed by atoms with Crippen LogP contribution in [0.3, 0.4) is 0 Å². The summed E-state index contributed by atoms with van der Waals surface area (Å²) in [6.45, 7) is 5.65. The predicted octanol–water partition coefficient (Wildman–Crippen LogP) is 5.44. The predicted molar refractivity (Wildman–Crippen MR) is 114 cm³/mol. The van der Waals surface area contributed by atoms with Gasteiger partial charge in [-0.05, 0) is 43.0 Å². The maximum atomic E-state index is 4.67. The average molecular weight is 379 g/mol. The molecule has 0 saturated carbocycles. The molecule has 5 heteroatoms. The molecule has 1 fully saturated rings. The largest absolute Gasteiger partial charge is 0.331 e. The summed E-state index contributed by atoms with van der Waals surface area (Å²) in [4.78, 5) is 10.4. The third-order valence-electron chi connectivity index (χ3n) is 5.26. The summed E-state index contributed by atoms with van der Waals surface area (Å²) in [6.07, 6.45) is 6.15. The molecule has 0 aliphatic carbocycles. The van der Waals surface area contributed by atoms with E-state index < -0.39 is 0 Å². The van der Waals surface area contributed by atoms with Gasteiger partial charge in [0, 0.05) is 35.7 Å². The van der Waals surface area contributed by atoms with Crippen molar-refractivity contribution in [1.82, 2.24) is 15.3 Å². The average Bonchev–Trinajstić information content (AvgIpc) is 3.17. The Morgan fingerprint density at radius 3 is 2.81 bits per heavy atom. The van der Waals surface area contributed by atoms with Crippen LogP contribution in [-0.4, -0.2) is 22.6 Å². The summed E-state index contributed by atoms with van der Waals surface area (Å²) >= 11 is 1.67. The fourth-order valence-corrected chi connectivity index (χ4v) is 4.51. The summed E-state index contributed by atoms with van der Waals surface area (Å²) in [6, 6.07) is 15.2. The molecule has 2 N–H and O–H groups in total. The van der Waals surface area contributed by atoms with Gasteiger partial charge >= 0.3 is 0 Å². The number of nitrogens with zero attached hydrogens (tertiary/aromatic N) is 2. The van der Waals surface area contributed by atoms with Gasteiger partial charge in [-0.15, -0.1) is 0 Å². The van der Waals surface area contributed by atoms with Crippen molar-refractivity contribution in [2.45, 2.75) is 38.6 Å². The molecule has 1 aliphatic rings. The van der Waals surface area contributed by atoms with Crippen LogP contribution in [0.25, 0.3) is 10.4 Å². The molecular formula is C22H26N4S. The highest BCUT2D eigenvalue weighted by atomic mass is 32.1. The van der Waals surface area contributed by atoms with Gasteiger partial charge in [0.15, 0.2) is 5.13 Å². The minimum Gasteiger partial charge on any atom is -0.331 e. The van der Waals surface area contributed by atoms with Gasteiger partial charge in [0.1, 0.15) is 0 Å². The zero-order chi connectivity index (χ0) is 18.6. The third-order valence-corrected chi connectivity index (χ3v) is 6.22. The van der Waals surface area contributed by atoms with E-state index >= 15 is 0 Å². The molecule has 4 nitrogen and oxygen atoms in total. The van der Waals surface area contributed by atoms with E-state index in [0.29, 0.717) is 17.9 Å². The molecule has 0 bridgehead atoms. The highest BCUT2D eigenvalue weighted by Gasteiger charge is 2.25. The van der Waals surface area contributed by atoms with Crippen molar-refractivity contribution in [1.29, 1.82) is 0 Å². The molecule has 2 atom stereocenters. The Balaban J connectivity index is 1.48. The zero-order valence-electron chi connectivity index (χ0n) is 15.9. The molecule has 140 valence electrons. The molecule has 0 spiro atoms. The number of aromatic nitrogens is 2. The van der Waals surface area contributed by atoms with E-state index in [1.165, 1.54) is 16.1 Å². The number of hydrogen-bond donors (Lipinski definition) is 2. The van der Waals surface area contributed by atoms with E-state index in [1.807, 2.05) is 24.5 Å². The number of piperidine rings is 1. The smallest absolute Gasteiger partial charge is 0.187 e. The Labute approximate surface area is 165 Å². The van der Waals surface area contributed by atoms with E-state index in [-0.39, 0.29) is 0 Å². The van der Waals surface area contributed by atoms with Gasteiger partial charge in [-0.25, -0.2) is 4.98 Å². The van der Waals surface area contributed by atoms with Crippen LogP contribution in [-0.2, 0) is 0 Å². The second kappa shape index (κ2) is 8.19. The molecule has 4 rings (SSSR count). The van der Waals surface area contributed by atoms with Crippen molar-refractivity contribution in [3.05, 3.63) is 60.6 Å². The monoisotopic (exact) mass is 378 g/mol. The minimum atomic E-state index is 0.525. The molecule has 2 aromatic heterocycles. The van der Waals surface area contributed by atoms with Gasteiger partial charge < -0.3 is 10.6 Å². The number of thiazole rings is 1. The normalized spacial score (nSPS) is 20.0. The summed E-state index contributed by atoms with van der Waals surface area (Å²) in [7, 11) is 0. The fourth-order valence-electron chi connectivity index (χ4n) is 3.67. The van der Waals surface area contributed by atoms with Gasteiger partial charge in [-0.2, -0.15) is 0 Å². The lowest BCUT2D eigenvalue weighted by atomic mass is 9.85. The van der Waals surface area contributed by atoms with E-state index in [0.717, 1.165) is 30.2 Å². The minimum absolute atomic E-state index is 0.525. The van der Waals surface area contributed by atoms with Gasteiger partial charge in [0.25, 0.3) is 0 Å². The Morgan fingerprint density at radius 2 is 2.00 bits per heavy atom. The summed E-state index contributed by atoms with van der Waals surface area (Å²) in [5.41, 5.74) is 3.45. The van der Waals surface area contributed by atoms with Crippen molar-refractivity contribution >= 4 is 22.2 Å². The number of pyridine rings is 1. The van der Waals surface area contributed by atoms with Gasteiger partial charge in [-0.1, -0.05) is 55.5 Å². The first kappa shape index (κ1) is 18.1. The molecule has 2 unspecified atom stereocenters. The molecule has 0 radical (unpaired) electrons. The summed E-state index contributed by atoms with van der Waals surface area (Å²) < 4.78 is 0. The number of rotatable bonds is 5. The van der Waals surface area contributed by atoms with Crippen LogP contribution >= 0.6 is 11.3 Å². The van der Waals surface area contributed by atoms with Crippen LogP contribution in [0, 0.1) is 5.92 Å². The first-order chi connectivity index (χ1) is 13.2. The van der Waals surface area contributed by atoms with Crippen molar-refractivity contribution in [3.63, 3.8) is 0 Å². The van der Waals surface area contributed by atoms with Crippen LogP contribution in [0.1, 0.15) is 38.3 Å². The van der Waals surface area contributed by atoms with Crippen molar-refractivity contribution in [2.75, 3.05) is 11.9 Å². The Morgan fingerprint density at radius 1 is 1.15 bits per heavy atom. The van der Waals surface area contributed by atoms with Crippen molar-refractivity contribution in [2.24, 2.45) is 5.92 Å². The fraction of sp³-hybridized carbons (Fsp3) is 0.364. The highest BCUT2D eigenvalue weighted by molar-refractivity contribution is 7.18. The third kappa shape index (κ3) is 4.37. The van der Waals surface area contributed by atoms with E-state index in [2.05, 4.69) is 64.8 Å². The summed E-state index contributed by atoms with van der Waals surface area (Å²) in [5.74, 6) is 1.18. The van der Waals surface area contributed by atoms with Gasteiger partial charge in [0.2, 0.25) is 0 Å². The lowest BCUT2D eigenvalue weighted by Gasteiger charge is -2.32. The Bertz CT molecular complexity index is 875. The molecule has 27 heavy (non-hydrogen) atoms. The van der Waals surface area contributed by atoms with Crippen LogP contribution in [0.2, 0.25) is 0 Å². The standard InChI is InChI=1S/C22H26N4S/c1-15(2)19-12-17(8-10-23-19)20-13-18(9-11-24-20)26-22-25-14-21(27-22)16-6-4-3-5-7-16/h3-7,9,11,13-15,17,19,23H,8,10,12H2,1-2H3,(H,24,25,26). The maximum Gasteiger partial charge on any atom is 0.187 e. The highest BCUT2D eigenvalue weighted by Crippen LogP contribution is 2.33. The van der Waals surface area contributed by atoms with Crippen molar-refractivity contribution in [3.8, 4) is 10.4 Å². The quantitative estimate of drug-likeness (QED) is 0.621. The summed E-state index contributed by atoms with van der Waals surface area (Å²) in [5, 5.41) is 8.01. The van der Waals surface area contributed by atoms with Crippen LogP contribution in [0.4, 0.5) is 10.8 Å². The van der Waals surface area contributed by atoms with E-state index in [4.69, 9.17) is 0 Å². The molecule has 3 aromatic rings. The Kier molecular flexibility index (Phi) is 5.50. The number of benzene rings is 1. The first-order valence-corrected chi connectivity index (χ1v) is 10.5. The van der Waals surface area contributed by atoms with Gasteiger partial charge in [0.05, 0.1) is 4.88 Å². The van der Waals surface area contributed by atoms with Crippen LogP contribution in [0.5, 0.6) is 0 Å². The Hall–Kier alpha value is -2.24. The number of anilines is 2. The number of hydrogen-bond acceptors (Lipinski definition) is 5. The molecule has 1 aliphatic heterocycles. The van der Waals surface area contributed by atoms with E-state index in [1.54, 1.807) is 11.3 Å². The van der Waals surface area contributed by atoms with Crippen LogP contribution < -0.4 is 10.6 Å². The molecule has 3 heterocycles. The zero-order valence-corrected chi connectivity index (χ0v) is 16.7. The van der Waals surface area contributed by atoms with Crippen LogP contribution in [0.15, 0.2) is 54.9 Å². The number of nitrogens with one attached hydrogen (secondary N) is 2. The molecule has 1 aromatic carbocycles. The second-order valence-corrected chi connectivity index (χ2v) is 8.55. The van der Waals surface area contributed by atoms with Crippen molar-refractivity contribution < 1.29 is 0 Å². The molecule has 1 saturated heterocycles. The maximum absolute atomic E-state index is 4.67. The first-order valence-electron chi connectivity index (χ1n) is 9.66. The molecule has 0 amide bonds. The lowest BCUT2D eigenvalue weighted by Crippen LogP contribution is -2.40. The van der Waals surface area contributed by atoms with Gasteiger partial charge in [-0.3, -0.25) is 4.98 Å².